The van der Waals surface area contributed by atoms with Crippen LogP contribution < -0.4 is 4.90 Å². The normalized spacial score (nSPS) is 16.0. The molecule has 1 amide bonds. The van der Waals surface area contributed by atoms with Crippen LogP contribution in [0.2, 0.25) is 0 Å². The maximum atomic E-state index is 13.8. The topological polar surface area (TPSA) is 115 Å². The van der Waals surface area contributed by atoms with E-state index in [2.05, 4.69) is 5.10 Å². The maximum Gasteiger partial charge on any atom is 0.510 e. The van der Waals surface area contributed by atoms with Crippen molar-refractivity contribution in [2.75, 3.05) is 24.6 Å². The van der Waals surface area contributed by atoms with Crippen LogP contribution in [0, 0.1) is 0 Å². The fourth-order valence-corrected chi connectivity index (χ4v) is 4.84. The van der Waals surface area contributed by atoms with Gasteiger partial charge >= 0.3 is 12.3 Å². The van der Waals surface area contributed by atoms with Gasteiger partial charge in [0.1, 0.15) is 5.82 Å². The summed E-state index contributed by atoms with van der Waals surface area (Å²) in [5.74, 6) is -0.0297. The zero-order valence-electron chi connectivity index (χ0n) is 24.0. The Hall–Kier alpha value is -4.07. The zero-order valence-corrected chi connectivity index (χ0v) is 24.0. The van der Waals surface area contributed by atoms with Crippen LogP contribution in [0.4, 0.5) is 23.8 Å². The molecule has 2 aromatic heterocycles. The fraction of sp³-hybridized carbons (Fsp3) is 0.500. The monoisotopic (exact) mass is 592 g/mol. The number of ether oxygens (including phenoxy) is 2. The first kappa shape index (κ1) is 30.9. The highest BCUT2D eigenvalue weighted by molar-refractivity contribution is 6.00. The Morgan fingerprint density at radius 2 is 1.90 bits per heavy atom. The molecule has 228 valence electrons. The number of alkyl halides is 3. The first-order valence-corrected chi connectivity index (χ1v) is 13.9. The highest BCUT2D eigenvalue weighted by Gasteiger charge is 2.42. The van der Waals surface area contributed by atoms with E-state index in [9.17, 15) is 27.9 Å². The van der Waals surface area contributed by atoms with Crippen molar-refractivity contribution in [1.29, 1.82) is 0 Å². The molecule has 1 aliphatic heterocycles. The quantitative estimate of drug-likeness (QED) is 0.300. The lowest BCUT2D eigenvalue weighted by Crippen LogP contribution is -2.56. The van der Waals surface area contributed by atoms with Crippen LogP contribution >= 0.6 is 0 Å². The number of hydrogen-bond donors (Lipinski definition) is 1. The van der Waals surface area contributed by atoms with Crippen LogP contribution in [0.15, 0.2) is 36.7 Å². The lowest BCUT2D eigenvalue weighted by atomic mass is 10.1. The van der Waals surface area contributed by atoms with Gasteiger partial charge in [0.2, 0.25) is 6.35 Å². The summed E-state index contributed by atoms with van der Waals surface area (Å²) >= 11 is 0. The minimum atomic E-state index is -4.48. The van der Waals surface area contributed by atoms with Gasteiger partial charge in [-0.1, -0.05) is 32.9 Å². The molecule has 0 radical (unpaired) electrons. The lowest BCUT2D eigenvalue weighted by Gasteiger charge is -2.40. The van der Waals surface area contributed by atoms with Gasteiger partial charge in [-0.05, 0) is 37.5 Å². The molecule has 3 heterocycles. The molecule has 42 heavy (non-hydrogen) atoms. The molecule has 1 aromatic carbocycles. The summed E-state index contributed by atoms with van der Waals surface area (Å²) < 4.78 is 53.4. The predicted molar refractivity (Wildman–Crippen MR) is 146 cm³/mol. The van der Waals surface area contributed by atoms with Crippen molar-refractivity contribution in [2.24, 2.45) is 0 Å². The SMILES string of the molecule is CCCOC(=O)OC(CC)n1c(-c2cnn(Cc3cccc(C(F)(F)F)c3)c2)nc2c1C(=O)N(CCC)C(O)N2CC. The second-order valence-corrected chi connectivity index (χ2v) is 9.81. The zero-order chi connectivity index (χ0) is 30.6. The van der Waals surface area contributed by atoms with Crippen molar-refractivity contribution in [1.82, 2.24) is 24.2 Å². The van der Waals surface area contributed by atoms with Gasteiger partial charge in [0, 0.05) is 25.7 Å². The number of carbonyl (C=O) groups excluding carboxylic acids is 2. The van der Waals surface area contributed by atoms with Gasteiger partial charge in [-0.25, -0.2) is 9.78 Å². The van der Waals surface area contributed by atoms with Crippen LogP contribution in [-0.4, -0.2) is 67.4 Å². The highest BCUT2D eigenvalue weighted by Crippen LogP contribution is 2.38. The molecule has 14 heteroatoms. The number of amides is 1. The smallest absolute Gasteiger partial charge is 0.434 e. The Bertz CT molecular complexity index is 1400. The average molecular weight is 593 g/mol. The van der Waals surface area contributed by atoms with Gasteiger partial charge in [0.15, 0.2) is 17.7 Å². The summed E-state index contributed by atoms with van der Waals surface area (Å²) in [4.78, 5) is 33.9. The van der Waals surface area contributed by atoms with E-state index in [0.29, 0.717) is 30.5 Å². The molecule has 1 aliphatic rings. The third-order valence-corrected chi connectivity index (χ3v) is 6.77. The van der Waals surface area contributed by atoms with Crippen molar-refractivity contribution in [3.8, 4) is 11.4 Å². The number of aromatic nitrogens is 4. The Morgan fingerprint density at radius 1 is 1.14 bits per heavy atom. The second-order valence-electron chi connectivity index (χ2n) is 9.81. The van der Waals surface area contributed by atoms with Gasteiger partial charge < -0.3 is 19.5 Å². The summed E-state index contributed by atoms with van der Waals surface area (Å²) in [6, 6.07) is 4.97. The summed E-state index contributed by atoms with van der Waals surface area (Å²) in [6.45, 7) is 8.12. The first-order chi connectivity index (χ1) is 20.0. The van der Waals surface area contributed by atoms with E-state index < -0.39 is 36.4 Å². The fourth-order valence-electron chi connectivity index (χ4n) is 4.84. The van der Waals surface area contributed by atoms with Gasteiger partial charge in [-0.3, -0.25) is 18.9 Å². The summed E-state index contributed by atoms with van der Waals surface area (Å²) in [6.07, 6.45) is -3.11. The van der Waals surface area contributed by atoms with Crippen LogP contribution in [-0.2, 0) is 22.2 Å². The minimum Gasteiger partial charge on any atom is -0.434 e. The Balaban J connectivity index is 1.80. The van der Waals surface area contributed by atoms with E-state index in [-0.39, 0.29) is 43.5 Å². The molecule has 0 saturated carbocycles. The Morgan fingerprint density at radius 3 is 2.55 bits per heavy atom. The number of halogens is 3. The number of fused-ring (bicyclic) bond motifs is 1. The number of nitrogens with zero attached hydrogens (tertiary/aromatic N) is 6. The van der Waals surface area contributed by atoms with Crippen LogP contribution in [0.25, 0.3) is 11.4 Å². The number of aliphatic hydroxyl groups is 1. The highest BCUT2D eigenvalue weighted by atomic mass is 19.4. The van der Waals surface area contributed by atoms with Crippen LogP contribution in [0.3, 0.4) is 0 Å². The van der Waals surface area contributed by atoms with Gasteiger partial charge in [0.05, 0.1) is 30.5 Å². The second kappa shape index (κ2) is 12.8. The van der Waals surface area contributed by atoms with E-state index in [1.807, 2.05) is 20.8 Å². The number of benzene rings is 1. The van der Waals surface area contributed by atoms with E-state index in [4.69, 9.17) is 14.5 Å². The first-order valence-electron chi connectivity index (χ1n) is 13.9. The molecule has 3 aromatic rings. The summed E-state index contributed by atoms with van der Waals surface area (Å²) in [7, 11) is 0. The summed E-state index contributed by atoms with van der Waals surface area (Å²) in [5, 5.41) is 15.3. The van der Waals surface area contributed by atoms with Crippen LogP contribution in [0.1, 0.15) is 74.8 Å². The molecule has 0 saturated heterocycles. The largest absolute Gasteiger partial charge is 0.510 e. The van der Waals surface area contributed by atoms with E-state index in [0.717, 1.165) is 12.1 Å². The number of rotatable bonds is 11. The number of imidazole rings is 1. The van der Waals surface area contributed by atoms with E-state index in [1.54, 1.807) is 24.1 Å². The Labute approximate surface area is 241 Å². The molecule has 0 fully saturated rings. The molecule has 0 spiro atoms. The Kier molecular flexibility index (Phi) is 9.44. The van der Waals surface area contributed by atoms with Crippen LogP contribution in [0.5, 0.6) is 0 Å². The molecule has 0 bridgehead atoms. The number of aliphatic hydroxyl groups excluding tert-OH is 1. The number of anilines is 1. The predicted octanol–water partition coefficient (Wildman–Crippen LogP) is 5.25. The minimum absolute atomic E-state index is 0.0460. The number of hydrogen-bond acceptors (Lipinski definition) is 8. The third-order valence-electron chi connectivity index (χ3n) is 6.77. The average Bonchev–Trinajstić information content (AvgIpc) is 3.58. The molecule has 4 rings (SSSR count). The van der Waals surface area contributed by atoms with Crippen molar-refractivity contribution in [3.05, 3.63) is 53.5 Å². The standard InChI is InChI=1S/C28H35F3N6O5/c1-5-12-36-25(38)22-24(35(8-4)26(36)39)33-23(37(22)21(7-3)42-27(40)41-13-6-2)19-15-32-34(17-19)16-18-10-9-11-20(14-18)28(29,30)31/h9-11,14-15,17,21,26,39H,5-8,12-13,16H2,1-4H3. The van der Waals surface area contributed by atoms with E-state index >= 15 is 0 Å². The molecule has 11 nitrogen and oxygen atoms in total. The molecular weight excluding hydrogens is 557 g/mol. The third kappa shape index (κ3) is 6.22. The lowest BCUT2D eigenvalue weighted by molar-refractivity contribution is -0.137. The number of carbonyl (C=O) groups is 2. The molecular formula is C28H35F3N6O5. The van der Waals surface area contributed by atoms with Gasteiger partial charge in [0.25, 0.3) is 5.91 Å². The van der Waals surface area contributed by atoms with Crippen molar-refractivity contribution >= 4 is 17.9 Å². The van der Waals surface area contributed by atoms with Gasteiger partial charge in [-0.2, -0.15) is 18.3 Å². The molecule has 0 aliphatic carbocycles. The van der Waals surface area contributed by atoms with E-state index in [1.165, 1.54) is 26.4 Å². The van der Waals surface area contributed by atoms with Crippen molar-refractivity contribution < 1.29 is 37.3 Å². The maximum absolute atomic E-state index is 13.8. The van der Waals surface area contributed by atoms with Gasteiger partial charge in [-0.15, -0.1) is 0 Å². The summed E-state index contributed by atoms with van der Waals surface area (Å²) in [5.41, 5.74) is 0.190. The molecule has 2 atom stereocenters. The van der Waals surface area contributed by atoms with Crippen molar-refractivity contribution in [2.45, 2.75) is 72.3 Å². The molecule has 2 unspecified atom stereocenters. The van der Waals surface area contributed by atoms with Crippen molar-refractivity contribution in [3.63, 3.8) is 0 Å². The molecule has 1 N–H and O–H groups in total.